The lowest BCUT2D eigenvalue weighted by Gasteiger charge is -2.33. The standard InChI is InChI=1S/C29H42N2O3/c1-9-25(27(33)30-29(5,6)7)31(20-22-11-10-12-24(19-22)34-8)26(32)18-15-21-13-16-23(17-14-21)28(2,3)4/h10-14,16-17,19,25H,9,15,18,20H2,1-8H3,(H,30,33)/t25-/m1/s1. The van der Waals surface area contributed by atoms with Crippen LogP contribution < -0.4 is 10.1 Å². The second-order valence-electron chi connectivity index (χ2n) is 11.0. The summed E-state index contributed by atoms with van der Waals surface area (Å²) in [5.74, 6) is 0.579. The van der Waals surface area contributed by atoms with Crippen molar-refractivity contribution in [2.45, 2.75) is 91.3 Å². The third-order valence-corrected chi connectivity index (χ3v) is 5.82. The van der Waals surface area contributed by atoms with Crippen LogP contribution in [-0.2, 0) is 28.0 Å². The van der Waals surface area contributed by atoms with E-state index < -0.39 is 6.04 Å². The lowest BCUT2D eigenvalue weighted by Crippen LogP contribution is -2.53. The monoisotopic (exact) mass is 466 g/mol. The molecule has 0 spiro atoms. The molecule has 0 bridgehead atoms. The molecule has 2 amide bonds. The maximum atomic E-state index is 13.5. The predicted octanol–water partition coefficient (Wildman–Crippen LogP) is 5.65. The van der Waals surface area contributed by atoms with E-state index in [1.54, 1.807) is 12.0 Å². The summed E-state index contributed by atoms with van der Waals surface area (Å²) in [4.78, 5) is 28.3. The van der Waals surface area contributed by atoms with E-state index >= 15 is 0 Å². The molecule has 2 rings (SSSR count). The Labute approximate surface area is 205 Å². The van der Waals surface area contributed by atoms with Gasteiger partial charge in [0.1, 0.15) is 11.8 Å². The zero-order valence-electron chi connectivity index (χ0n) is 22.2. The van der Waals surface area contributed by atoms with Crippen molar-refractivity contribution in [1.29, 1.82) is 0 Å². The molecule has 186 valence electrons. The molecule has 0 aliphatic rings. The van der Waals surface area contributed by atoms with Crippen molar-refractivity contribution in [1.82, 2.24) is 10.2 Å². The van der Waals surface area contributed by atoms with Crippen LogP contribution in [0.3, 0.4) is 0 Å². The maximum Gasteiger partial charge on any atom is 0.243 e. The highest BCUT2D eigenvalue weighted by Gasteiger charge is 2.30. The summed E-state index contributed by atoms with van der Waals surface area (Å²) >= 11 is 0. The first-order chi connectivity index (χ1) is 15.8. The van der Waals surface area contributed by atoms with Crippen molar-refractivity contribution in [3.8, 4) is 5.75 Å². The molecule has 0 unspecified atom stereocenters. The van der Waals surface area contributed by atoms with E-state index in [9.17, 15) is 9.59 Å². The Balaban J connectivity index is 2.24. The number of nitrogens with one attached hydrogen (secondary N) is 1. The number of hydrogen-bond donors (Lipinski definition) is 1. The van der Waals surface area contributed by atoms with Gasteiger partial charge in [0, 0.05) is 18.5 Å². The predicted molar refractivity (Wildman–Crippen MR) is 139 cm³/mol. The van der Waals surface area contributed by atoms with Gasteiger partial charge in [-0.05, 0) is 67.9 Å². The Morgan fingerprint density at radius 2 is 1.62 bits per heavy atom. The molecule has 0 fully saturated rings. The van der Waals surface area contributed by atoms with Crippen LogP contribution in [-0.4, -0.2) is 35.4 Å². The quantitative estimate of drug-likeness (QED) is 0.520. The van der Waals surface area contributed by atoms with Crippen molar-refractivity contribution < 1.29 is 14.3 Å². The topological polar surface area (TPSA) is 58.6 Å². The largest absolute Gasteiger partial charge is 0.497 e. The van der Waals surface area contributed by atoms with Crippen molar-refractivity contribution in [2.75, 3.05) is 7.11 Å². The number of nitrogens with zero attached hydrogens (tertiary/aromatic N) is 1. The molecule has 0 saturated carbocycles. The van der Waals surface area contributed by atoms with E-state index in [0.717, 1.165) is 16.9 Å². The summed E-state index contributed by atoms with van der Waals surface area (Å²) in [6.45, 7) is 14.7. The second kappa shape index (κ2) is 11.5. The highest BCUT2D eigenvalue weighted by Crippen LogP contribution is 2.23. The second-order valence-corrected chi connectivity index (χ2v) is 11.0. The molecule has 0 heterocycles. The van der Waals surface area contributed by atoms with E-state index in [0.29, 0.717) is 25.8 Å². The van der Waals surface area contributed by atoms with Crippen molar-refractivity contribution >= 4 is 11.8 Å². The fraction of sp³-hybridized carbons (Fsp3) is 0.517. The number of carbonyl (C=O) groups excluding carboxylic acids is 2. The van der Waals surface area contributed by atoms with E-state index in [1.165, 1.54) is 5.56 Å². The Kier molecular flexibility index (Phi) is 9.31. The van der Waals surface area contributed by atoms with Crippen molar-refractivity contribution in [3.05, 3.63) is 65.2 Å². The molecule has 0 saturated heterocycles. The summed E-state index contributed by atoms with van der Waals surface area (Å²) in [6.07, 6.45) is 1.52. The first-order valence-corrected chi connectivity index (χ1v) is 12.2. The fourth-order valence-corrected chi connectivity index (χ4v) is 3.91. The molecular formula is C29H42N2O3. The van der Waals surface area contributed by atoms with Crippen molar-refractivity contribution in [3.63, 3.8) is 0 Å². The molecule has 5 nitrogen and oxygen atoms in total. The van der Waals surface area contributed by atoms with Crippen LogP contribution in [0, 0.1) is 0 Å². The van der Waals surface area contributed by atoms with Gasteiger partial charge in [-0.3, -0.25) is 9.59 Å². The number of amides is 2. The Hall–Kier alpha value is -2.82. The van der Waals surface area contributed by atoms with Crippen LogP contribution in [0.15, 0.2) is 48.5 Å². The fourth-order valence-electron chi connectivity index (χ4n) is 3.91. The van der Waals surface area contributed by atoms with E-state index in [4.69, 9.17) is 4.74 Å². The van der Waals surface area contributed by atoms with Crippen LogP contribution in [0.25, 0.3) is 0 Å². The number of benzene rings is 2. The summed E-state index contributed by atoms with van der Waals surface area (Å²) in [5, 5.41) is 3.05. The molecule has 0 aromatic heterocycles. The Bertz CT molecular complexity index is 953. The van der Waals surface area contributed by atoms with Gasteiger partial charge in [-0.1, -0.05) is 64.1 Å². The SMILES string of the molecule is CC[C@H](C(=O)NC(C)(C)C)N(Cc1cccc(OC)c1)C(=O)CCc1ccc(C(C)(C)C)cc1. The number of methoxy groups -OCH3 is 1. The number of aryl methyl sites for hydroxylation is 1. The third kappa shape index (κ3) is 8.19. The lowest BCUT2D eigenvalue weighted by molar-refractivity contribution is -0.142. The van der Waals surface area contributed by atoms with E-state index in [2.05, 4.69) is 50.4 Å². The van der Waals surface area contributed by atoms with Crippen LogP contribution >= 0.6 is 0 Å². The number of carbonyl (C=O) groups is 2. The number of hydrogen-bond acceptors (Lipinski definition) is 3. The average molecular weight is 467 g/mol. The molecule has 0 aliphatic heterocycles. The van der Waals surface area contributed by atoms with Gasteiger partial charge < -0.3 is 15.0 Å². The first-order valence-electron chi connectivity index (χ1n) is 12.2. The number of ether oxygens (including phenoxy) is 1. The average Bonchev–Trinajstić information content (AvgIpc) is 2.76. The van der Waals surface area contributed by atoms with Gasteiger partial charge in [0.15, 0.2) is 0 Å². The molecule has 0 radical (unpaired) electrons. The van der Waals surface area contributed by atoms with Gasteiger partial charge in [-0.25, -0.2) is 0 Å². The van der Waals surface area contributed by atoms with Crippen LogP contribution in [0.2, 0.25) is 0 Å². The Morgan fingerprint density at radius 3 is 2.15 bits per heavy atom. The van der Waals surface area contributed by atoms with Gasteiger partial charge in [0.2, 0.25) is 11.8 Å². The molecule has 5 heteroatoms. The highest BCUT2D eigenvalue weighted by molar-refractivity contribution is 5.88. The normalized spacial score (nSPS) is 12.7. The molecule has 1 atom stereocenters. The van der Waals surface area contributed by atoms with E-state index in [1.807, 2.05) is 52.0 Å². The maximum absolute atomic E-state index is 13.5. The Morgan fingerprint density at radius 1 is 0.971 bits per heavy atom. The number of rotatable bonds is 9. The van der Waals surface area contributed by atoms with Crippen LogP contribution in [0.1, 0.15) is 78.0 Å². The molecule has 2 aromatic carbocycles. The van der Waals surface area contributed by atoms with Crippen LogP contribution in [0.4, 0.5) is 0 Å². The van der Waals surface area contributed by atoms with E-state index in [-0.39, 0.29) is 22.8 Å². The minimum atomic E-state index is -0.541. The van der Waals surface area contributed by atoms with Crippen LogP contribution in [0.5, 0.6) is 5.75 Å². The van der Waals surface area contributed by atoms with Crippen molar-refractivity contribution in [2.24, 2.45) is 0 Å². The molecule has 2 aromatic rings. The minimum absolute atomic E-state index is 0.0290. The lowest BCUT2D eigenvalue weighted by atomic mass is 9.86. The zero-order valence-corrected chi connectivity index (χ0v) is 22.2. The molecular weight excluding hydrogens is 424 g/mol. The molecule has 0 aliphatic carbocycles. The van der Waals surface area contributed by atoms with Gasteiger partial charge in [0.25, 0.3) is 0 Å². The molecule has 1 N–H and O–H groups in total. The molecule has 34 heavy (non-hydrogen) atoms. The minimum Gasteiger partial charge on any atom is -0.497 e. The summed E-state index contributed by atoms with van der Waals surface area (Å²) in [5.41, 5.74) is 3.05. The summed E-state index contributed by atoms with van der Waals surface area (Å²) in [7, 11) is 1.62. The first kappa shape index (κ1) is 27.4. The zero-order chi connectivity index (χ0) is 25.5. The van der Waals surface area contributed by atoms with Gasteiger partial charge in [-0.2, -0.15) is 0 Å². The summed E-state index contributed by atoms with van der Waals surface area (Å²) < 4.78 is 5.35. The third-order valence-electron chi connectivity index (χ3n) is 5.82. The summed E-state index contributed by atoms with van der Waals surface area (Å²) in [6, 6.07) is 15.6. The van der Waals surface area contributed by atoms with Gasteiger partial charge >= 0.3 is 0 Å². The highest BCUT2D eigenvalue weighted by atomic mass is 16.5. The van der Waals surface area contributed by atoms with Gasteiger partial charge in [-0.15, -0.1) is 0 Å². The smallest absolute Gasteiger partial charge is 0.243 e. The van der Waals surface area contributed by atoms with Gasteiger partial charge in [0.05, 0.1) is 7.11 Å².